The lowest BCUT2D eigenvalue weighted by atomic mass is 10.2. The standard InChI is InChI=1S/C8H9N3O2S/c1-5(12)7(10-9)8(13)11-4-2-3-6(11)14/h2-4H2,1H3. The predicted octanol–water partition coefficient (Wildman–Crippen LogP) is 0.196. The monoisotopic (exact) mass is 211 g/mol. The second kappa shape index (κ2) is 4.21. The van der Waals surface area contributed by atoms with Gasteiger partial charge in [0.1, 0.15) is 0 Å². The van der Waals surface area contributed by atoms with Crippen LogP contribution in [0.15, 0.2) is 0 Å². The van der Waals surface area contributed by atoms with Gasteiger partial charge in [0.25, 0.3) is 0 Å². The molecule has 0 bridgehead atoms. The van der Waals surface area contributed by atoms with Gasteiger partial charge in [0.05, 0.1) is 4.99 Å². The van der Waals surface area contributed by atoms with Gasteiger partial charge in [-0.25, -0.2) is 0 Å². The van der Waals surface area contributed by atoms with Crippen LogP contribution < -0.4 is 0 Å². The van der Waals surface area contributed by atoms with E-state index in [0.717, 1.165) is 6.42 Å². The molecule has 0 aromatic rings. The molecule has 1 aliphatic rings. The number of likely N-dealkylation sites (tertiary alicyclic amines) is 1. The van der Waals surface area contributed by atoms with Crippen molar-refractivity contribution < 1.29 is 14.4 Å². The van der Waals surface area contributed by atoms with Crippen molar-refractivity contribution in [3.05, 3.63) is 5.53 Å². The van der Waals surface area contributed by atoms with Crippen LogP contribution in [0.1, 0.15) is 19.8 Å². The molecule has 5 nitrogen and oxygen atoms in total. The van der Waals surface area contributed by atoms with Gasteiger partial charge >= 0.3 is 11.6 Å². The first-order chi connectivity index (χ1) is 6.57. The second-order valence-corrected chi connectivity index (χ2v) is 3.43. The third kappa shape index (κ3) is 1.92. The van der Waals surface area contributed by atoms with Gasteiger partial charge in [-0.1, -0.05) is 12.2 Å². The van der Waals surface area contributed by atoms with Crippen molar-refractivity contribution in [1.29, 1.82) is 0 Å². The highest BCUT2D eigenvalue weighted by Gasteiger charge is 2.34. The smallest absolute Gasteiger partial charge is 0.360 e. The van der Waals surface area contributed by atoms with E-state index in [1.165, 1.54) is 11.8 Å². The van der Waals surface area contributed by atoms with Crippen molar-refractivity contribution in [3.63, 3.8) is 0 Å². The molecule has 0 unspecified atom stereocenters. The van der Waals surface area contributed by atoms with E-state index in [-0.39, 0.29) is 0 Å². The van der Waals surface area contributed by atoms with E-state index in [9.17, 15) is 9.59 Å². The normalized spacial score (nSPS) is 15.2. The van der Waals surface area contributed by atoms with Crippen molar-refractivity contribution in [2.24, 2.45) is 0 Å². The SMILES string of the molecule is CC(=O)C(=[N+]=[N-])C(=O)N1CCCC1=S. The summed E-state index contributed by atoms with van der Waals surface area (Å²) in [6, 6.07) is 0. The molecule has 1 heterocycles. The van der Waals surface area contributed by atoms with Crippen LogP contribution in [0.5, 0.6) is 0 Å². The number of carbonyl (C=O) groups excluding carboxylic acids is 2. The quantitative estimate of drug-likeness (QED) is 0.215. The molecule has 1 fully saturated rings. The zero-order chi connectivity index (χ0) is 10.7. The molecule has 74 valence electrons. The number of ketones is 1. The van der Waals surface area contributed by atoms with Crippen LogP contribution in [-0.2, 0) is 9.59 Å². The van der Waals surface area contributed by atoms with Crippen LogP contribution in [0.2, 0.25) is 0 Å². The fraction of sp³-hybridized carbons (Fsp3) is 0.500. The Morgan fingerprint density at radius 1 is 1.57 bits per heavy atom. The summed E-state index contributed by atoms with van der Waals surface area (Å²) < 4.78 is 0. The topological polar surface area (TPSA) is 73.8 Å². The van der Waals surface area contributed by atoms with Gasteiger partial charge in [0.2, 0.25) is 5.78 Å². The predicted molar refractivity (Wildman–Crippen MR) is 52.9 cm³/mol. The molecule has 14 heavy (non-hydrogen) atoms. The number of Topliss-reactive ketones (excluding diaryl/α,β-unsaturated/α-hetero) is 1. The lowest BCUT2D eigenvalue weighted by Crippen LogP contribution is -2.39. The van der Waals surface area contributed by atoms with Gasteiger partial charge in [-0.15, -0.1) is 0 Å². The van der Waals surface area contributed by atoms with E-state index in [1.54, 1.807) is 0 Å². The van der Waals surface area contributed by atoms with Crippen molar-refractivity contribution in [1.82, 2.24) is 4.90 Å². The number of carbonyl (C=O) groups is 2. The van der Waals surface area contributed by atoms with Crippen molar-refractivity contribution in [3.8, 4) is 0 Å². The van der Waals surface area contributed by atoms with Crippen molar-refractivity contribution in [2.45, 2.75) is 19.8 Å². The van der Waals surface area contributed by atoms with Crippen LogP contribution in [0, 0.1) is 0 Å². The number of nitrogens with zero attached hydrogens (tertiary/aromatic N) is 3. The number of hydrogen-bond acceptors (Lipinski definition) is 3. The van der Waals surface area contributed by atoms with Gasteiger partial charge < -0.3 is 5.53 Å². The molecular formula is C8H9N3O2S. The van der Waals surface area contributed by atoms with E-state index in [0.29, 0.717) is 18.0 Å². The van der Waals surface area contributed by atoms with Crippen molar-refractivity contribution in [2.75, 3.05) is 6.54 Å². The molecular weight excluding hydrogens is 202 g/mol. The van der Waals surface area contributed by atoms with Crippen LogP contribution in [0.4, 0.5) is 0 Å². The molecule has 0 aromatic carbocycles. The van der Waals surface area contributed by atoms with E-state index in [2.05, 4.69) is 4.79 Å². The highest BCUT2D eigenvalue weighted by molar-refractivity contribution is 7.80. The highest BCUT2D eigenvalue weighted by Crippen LogP contribution is 2.11. The van der Waals surface area contributed by atoms with E-state index >= 15 is 0 Å². The van der Waals surface area contributed by atoms with E-state index in [1.807, 2.05) is 0 Å². The van der Waals surface area contributed by atoms with Gasteiger partial charge in [-0.3, -0.25) is 14.5 Å². The summed E-state index contributed by atoms with van der Waals surface area (Å²) in [5.41, 5.74) is 8.03. The van der Waals surface area contributed by atoms with Gasteiger partial charge in [-0.2, -0.15) is 4.79 Å². The van der Waals surface area contributed by atoms with Gasteiger partial charge in [0, 0.05) is 19.9 Å². The maximum atomic E-state index is 11.6. The molecule has 0 radical (unpaired) electrons. The first-order valence-corrected chi connectivity index (χ1v) is 4.56. The number of rotatable bonds is 2. The minimum absolute atomic E-state index is 0.464. The van der Waals surface area contributed by atoms with Crippen molar-refractivity contribution >= 4 is 34.6 Å². The Morgan fingerprint density at radius 2 is 2.21 bits per heavy atom. The Bertz CT molecular complexity index is 358. The minimum atomic E-state index is -0.609. The van der Waals surface area contributed by atoms with Crippen LogP contribution in [-0.4, -0.2) is 38.6 Å². The zero-order valence-corrected chi connectivity index (χ0v) is 8.50. The molecule has 0 spiro atoms. The summed E-state index contributed by atoms with van der Waals surface area (Å²) >= 11 is 4.93. The third-order valence-corrected chi connectivity index (χ3v) is 2.38. The number of thiocarbonyl (C=S) groups is 1. The largest absolute Gasteiger partial charge is 0.421 e. The summed E-state index contributed by atoms with van der Waals surface area (Å²) in [7, 11) is 0. The fourth-order valence-corrected chi connectivity index (χ4v) is 1.57. The maximum absolute atomic E-state index is 11.6. The Morgan fingerprint density at radius 3 is 2.57 bits per heavy atom. The minimum Gasteiger partial charge on any atom is -0.360 e. The van der Waals surface area contributed by atoms with Crippen LogP contribution >= 0.6 is 12.2 Å². The maximum Gasteiger partial charge on any atom is 0.421 e. The molecule has 0 aliphatic carbocycles. The Labute approximate surface area is 86.3 Å². The lowest BCUT2D eigenvalue weighted by molar-refractivity contribution is -0.128. The molecule has 1 rings (SSSR count). The molecule has 0 saturated carbocycles. The first kappa shape index (κ1) is 10.7. The van der Waals surface area contributed by atoms with E-state index < -0.39 is 17.4 Å². The van der Waals surface area contributed by atoms with Crippen LogP contribution in [0.3, 0.4) is 0 Å². The summed E-state index contributed by atoms with van der Waals surface area (Å²) in [5, 5.41) is 0. The van der Waals surface area contributed by atoms with Crippen LogP contribution in [0.25, 0.3) is 5.53 Å². The average Bonchev–Trinajstić information content (AvgIpc) is 2.51. The van der Waals surface area contributed by atoms with E-state index in [4.69, 9.17) is 17.7 Å². The molecule has 1 saturated heterocycles. The second-order valence-electron chi connectivity index (χ2n) is 2.96. The lowest BCUT2D eigenvalue weighted by Gasteiger charge is -2.11. The van der Waals surface area contributed by atoms with Gasteiger partial charge in [-0.05, 0) is 6.42 Å². The first-order valence-electron chi connectivity index (χ1n) is 4.15. The molecule has 0 atom stereocenters. The highest BCUT2D eigenvalue weighted by atomic mass is 32.1. The Hall–Kier alpha value is -1.39. The average molecular weight is 211 g/mol. The molecule has 6 heteroatoms. The summed E-state index contributed by atoms with van der Waals surface area (Å²) in [5.74, 6) is -1.17. The molecule has 1 aliphatic heterocycles. The number of hydrogen-bond donors (Lipinski definition) is 0. The molecule has 0 N–H and O–H groups in total. The third-order valence-electron chi connectivity index (χ3n) is 1.95. The van der Waals surface area contributed by atoms with Gasteiger partial charge in [0.15, 0.2) is 0 Å². The number of amides is 1. The summed E-state index contributed by atoms with van der Waals surface area (Å²) in [4.78, 5) is 26.9. The summed E-state index contributed by atoms with van der Waals surface area (Å²) in [6.07, 6.45) is 1.46. The molecule has 0 aromatic heterocycles. The molecule has 1 amide bonds. The fourth-order valence-electron chi connectivity index (χ4n) is 1.25. The Kier molecular flexibility index (Phi) is 3.22. The Balaban J connectivity index is 2.89. The zero-order valence-electron chi connectivity index (χ0n) is 7.69. The summed E-state index contributed by atoms with van der Waals surface area (Å²) in [6.45, 7) is 1.66.